The van der Waals surface area contributed by atoms with Gasteiger partial charge in [0.15, 0.2) is 5.82 Å². The first-order chi connectivity index (χ1) is 12.4. The zero-order valence-electron chi connectivity index (χ0n) is 14.8. The van der Waals surface area contributed by atoms with Crippen molar-refractivity contribution < 1.29 is 17.7 Å². The average Bonchev–Trinajstić information content (AvgIpc) is 3.08. The van der Waals surface area contributed by atoms with Gasteiger partial charge in [-0.15, -0.1) is 0 Å². The monoisotopic (exact) mass is 398 g/mol. The standard InChI is InChI=1S/C16H22N4O4S2/c1-12(2)9-14-18-15(24-19-14)11-25-16-4-3-13(10-17-16)26(21,22)20-5-7-23-8-6-20/h3-4,10,12H,5-9,11H2,1-2H3. The highest BCUT2D eigenvalue weighted by atomic mass is 32.2. The van der Waals surface area contributed by atoms with Crippen molar-refractivity contribution in [3.05, 3.63) is 30.0 Å². The van der Waals surface area contributed by atoms with Gasteiger partial charge in [0.25, 0.3) is 0 Å². The molecule has 0 atom stereocenters. The van der Waals surface area contributed by atoms with Gasteiger partial charge in [0.2, 0.25) is 15.9 Å². The van der Waals surface area contributed by atoms with Crippen LogP contribution in [0.1, 0.15) is 25.6 Å². The maximum atomic E-state index is 12.6. The van der Waals surface area contributed by atoms with E-state index in [0.29, 0.717) is 54.7 Å². The van der Waals surface area contributed by atoms with E-state index in [1.807, 2.05) is 0 Å². The molecule has 0 radical (unpaired) electrons. The van der Waals surface area contributed by atoms with Crippen LogP contribution in [0.2, 0.25) is 0 Å². The second-order valence-corrected chi connectivity index (χ2v) is 9.27. The fraction of sp³-hybridized carbons (Fsp3) is 0.562. The summed E-state index contributed by atoms with van der Waals surface area (Å²) in [5, 5.41) is 4.66. The van der Waals surface area contributed by atoms with Gasteiger partial charge < -0.3 is 9.26 Å². The number of hydrogen-bond donors (Lipinski definition) is 0. The van der Waals surface area contributed by atoms with E-state index in [-0.39, 0.29) is 4.90 Å². The number of hydrogen-bond acceptors (Lipinski definition) is 8. The van der Waals surface area contributed by atoms with E-state index in [0.717, 1.165) is 6.42 Å². The lowest BCUT2D eigenvalue weighted by Gasteiger charge is -2.25. The van der Waals surface area contributed by atoms with Crippen LogP contribution in [0, 0.1) is 5.92 Å². The van der Waals surface area contributed by atoms with Gasteiger partial charge in [-0.2, -0.15) is 9.29 Å². The molecule has 0 amide bonds. The van der Waals surface area contributed by atoms with Crippen LogP contribution in [0.3, 0.4) is 0 Å². The molecule has 142 valence electrons. The summed E-state index contributed by atoms with van der Waals surface area (Å²) < 4.78 is 37.0. The average molecular weight is 399 g/mol. The minimum atomic E-state index is -3.51. The lowest BCUT2D eigenvalue weighted by Crippen LogP contribution is -2.40. The first kappa shape index (κ1) is 19.3. The van der Waals surface area contributed by atoms with E-state index in [1.165, 1.54) is 22.3 Å². The van der Waals surface area contributed by atoms with Gasteiger partial charge in [0.05, 0.1) is 24.0 Å². The Labute approximate surface area is 157 Å². The summed E-state index contributed by atoms with van der Waals surface area (Å²) in [5.74, 6) is 2.21. The quantitative estimate of drug-likeness (QED) is 0.653. The Bertz CT molecular complexity index is 815. The third-order valence-electron chi connectivity index (χ3n) is 3.76. The van der Waals surface area contributed by atoms with Crippen LogP contribution < -0.4 is 0 Å². The van der Waals surface area contributed by atoms with Crippen LogP contribution >= 0.6 is 11.8 Å². The van der Waals surface area contributed by atoms with E-state index < -0.39 is 10.0 Å². The fourth-order valence-electron chi connectivity index (χ4n) is 2.47. The summed E-state index contributed by atoms with van der Waals surface area (Å²) in [7, 11) is -3.51. The molecule has 26 heavy (non-hydrogen) atoms. The normalized spacial score (nSPS) is 16.3. The van der Waals surface area contributed by atoms with E-state index in [2.05, 4.69) is 29.0 Å². The molecule has 8 nitrogen and oxygen atoms in total. The molecule has 0 spiro atoms. The second-order valence-electron chi connectivity index (χ2n) is 6.34. The van der Waals surface area contributed by atoms with E-state index >= 15 is 0 Å². The molecule has 1 fully saturated rings. The molecule has 1 aliphatic rings. The summed E-state index contributed by atoms with van der Waals surface area (Å²) in [6.45, 7) is 5.78. The predicted molar refractivity (Wildman–Crippen MR) is 96.2 cm³/mol. The summed E-state index contributed by atoms with van der Waals surface area (Å²) in [5.41, 5.74) is 0. The molecule has 2 aromatic heterocycles. The van der Waals surface area contributed by atoms with Gasteiger partial charge in [-0.05, 0) is 18.1 Å². The van der Waals surface area contributed by atoms with Gasteiger partial charge in [0.1, 0.15) is 4.90 Å². The zero-order valence-corrected chi connectivity index (χ0v) is 16.4. The highest BCUT2D eigenvalue weighted by molar-refractivity contribution is 7.98. The van der Waals surface area contributed by atoms with Crippen molar-refractivity contribution in [2.75, 3.05) is 26.3 Å². The third-order valence-corrected chi connectivity index (χ3v) is 6.57. The molecule has 10 heteroatoms. The first-order valence-electron chi connectivity index (χ1n) is 8.43. The Morgan fingerprint density at radius 1 is 1.27 bits per heavy atom. The van der Waals surface area contributed by atoms with Crippen molar-refractivity contribution in [3.63, 3.8) is 0 Å². The second kappa shape index (κ2) is 8.47. The maximum Gasteiger partial charge on any atom is 0.244 e. The molecule has 0 bridgehead atoms. The van der Waals surface area contributed by atoms with Gasteiger partial charge in [0, 0.05) is 25.7 Å². The molecule has 0 N–H and O–H groups in total. The highest BCUT2D eigenvalue weighted by Crippen LogP contribution is 2.23. The number of nitrogens with zero attached hydrogens (tertiary/aromatic N) is 4. The number of morpholine rings is 1. The van der Waals surface area contributed by atoms with Crippen molar-refractivity contribution in [1.82, 2.24) is 19.4 Å². The van der Waals surface area contributed by atoms with Gasteiger partial charge in [-0.3, -0.25) is 0 Å². The van der Waals surface area contributed by atoms with Crippen LogP contribution in [0.15, 0.2) is 32.8 Å². The Hall–Kier alpha value is -1.49. The molecule has 0 aromatic carbocycles. The summed E-state index contributed by atoms with van der Waals surface area (Å²) in [6, 6.07) is 3.28. The Morgan fingerprint density at radius 3 is 2.69 bits per heavy atom. The summed E-state index contributed by atoms with van der Waals surface area (Å²) in [4.78, 5) is 8.78. The molecule has 1 saturated heterocycles. The Kier molecular flexibility index (Phi) is 6.28. The maximum absolute atomic E-state index is 12.6. The third kappa shape index (κ3) is 4.81. The fourth-order valence-corrected chi connectivity index (χ4v) is 4.51. The SMILES string of the molecule is CC(C)Cc1noc(CSc2ccc(S(=O)(=O)N3CCOCC3)cn2)n1. The van der Waals surface area contributed by atoms with Crippen molar-refractivity contribution in [3.8, 4) is 0 Å². The zero-order chi connectivity index (χ0) is 18.6. The van der Waals surface area contributed by atoms with Crippen LogP contribution in [-0.2, 0) is 26.9 Å². The topological polar surface area (TPSA) is 98.4 Å². The molecule has 2 aromatic rings. The molecule has 0 unspecified atom stereocenters. The molecular formula is C16H22N4O4S2. The largest absolute Gasteiger partial charge is 0.379 e. The Morgan fingerprint density at radius 2 is 2.04 bits per heavy atom. The highest BCUT2D eigenvalue weighted by Gasteiger charge is 2.26. The molecule has 1 aliphatic heterocycles. The number of thioether (sulfide) groups is 1. The van der Waals surface area contributed by atoms with Gasteiger partial charge in [-0.25, -0.2) is 13.4 Å². The van der Waals surface area contributed by atoms with E-state index in [4.69, 9.17) is 9.26 Å². The molecular weight excluding hydrogens is 376 g/mol. The summed E-state index contributed by atoms with van der Waals surface area (Å²) >= 11 is 1.42. The number of sulfonamides is 1. The smallest absolute Gasteiger partial charge is 0.244 e. The number of pyridine rings is 1. The minimum absolute atomic E-state index is 0.195. The lowest BCUT2D eigenvalue weighted by atomic mass is 10.1. The first-order valence-corrected chi connectivity index (χ1v) is 10.9. The predicted octanol–water partition coefficient (Wildman–Crippen LogP) is 1.98. The van der Waals surface area contributed by atoms with Crippen molar-refractivity contribution in [2.24, 2.45) is 5.92 Å². The van der Waals surface area contributed by atoms with Gasteiger partial charge in [-0.1, -0.05) is 30.8 Å². The van der Waals surface area contributed by atoms with Crippen molar-refractivity contribution in [2.45, 2.75) is 35.9 Å². The molecule has 0 aliphatic carbocycles. The van der Waals surface area contributed by atoms with Crippen LogP contribution in [-0.4, -0.2) is 54.2 Å². The number of rotatable bonds is 7. The lowest BCUT2D eigenvalue weighted by molar-refractivity contribution is 0.0730. The Balaban J connectivity index is 1.60. The van der Waals surface area contributed by atoms with Crippen LogP contribution in [0.5, 0.6) is 0 Å². The van der Waals surface area contributed by atoms with Crippen molar-refractivity contribution in [1.29, 1.82) is 0 Å². The molecule has 0 saturated carbocycles. The van der Waals surface area contributed by atoms with E-state index in [9.17, 15) is 8.42 Å². The minimum Gasteiger partial charge on any atom is -0.379 e. The van der Waals surface area contributed by atoms with Crippen LogP contribution in [0.25, 0.3) is 0 Å². The van der Waals surface area contributed by atoms with Crippen molar-refractivity contribution >= 4 is 21.8 Å². The van der Waals surface area contributed by atoms with E-state index in [1.54, 1.807) is 12.1 Å². The van der Waals surface area contributed by atoms with Crippen LogP contribution in [0.4, 0.5) is 0 Å². The molecule has 3 heterocycles. The number of aromatic nitrogens is 3. The number of ether oxygens (including phenoxy) is 1. The molecule has 3 rings (SSSR count). The summed E-state index contributed by atoms with van der Waals surface area (Å²) in [6.07, 6.45) is 2.17. The van der Waals surface area contributed by atoms with Gasteiger partial charge >= 0.3 is 0 Å².